The highest BCUT2D eigenvalue weighted by molar-refractivity contribution is 6.75. The van der Waals surface area contributed by atoms with E-state index in [4.69, 9.17) is 26.6 Å². The number of hydrogen-bond donors (Lipinski definition) is 0. The van der Waals surface area contributed by atoms with Gasteiger partial charge >= 0.3 is 17.6 Å². The lowest BCUT2D eigenvalue weighted by molar-refractivity contribution is 0.0851. The second-order valence-electron chi connectivity index (χ2n) is 10.0. The van der Waals surface area contributed by atoms with E-state index >= 15 is 0 Å². The first-order chi connectivity index (χ1) is 21.5. The lowest BCUT2D eigenvalue weighted by Crippen LogP contribution is -2.56. The lowest BCUT2D eigenvalue weighted by Gasteiger charge is -2.28. The predicted octanol–water partition coefficient (Wildman–Crippen LogP) is 7.20. The van der Waals surface area contributed by atoms with E-state index < -0.39 is 17.6 Å². The van der Waals surface area contributed by atoms with Crippen LogP contribution in [0.1, 0.15) is 41.5 Å². The van der Waals surface area contributed by atoms with Crippen LogP contribution in [0.25, 0.3) is 33.4 Å². The average Bonchev–Trinajstić information content (AvgIpc) is 3.06. The van der Waals surface area contributed by atoms with Gasteiger partial charge in [0.2, 0.25) is 0 Å². The first-order valence-corrected chi connectivity index (χ1v) is 19.2. The van der Waals surface area contributed by atoms with Gasteiger partial charge < -0.3 is 26.6 Å². The monoisotopic (exact) mass is 630 g/mol. The van der Waals surface area contributed by atoms with Gasteiger partial charge in [-0.05, 0) is 74.9 Å². The van der Waals surface area contributed by atoms with Crippen LogP contribution in [-0.4, -0.2) is 57.3 Å². The summed E-state index contributed by atoms with van der Waals surface area (Å²) >= 11 is 0. The zero-order valence-electron chi connectivity index (χ0n) is 26.9. The SMILES string of the molecule is CCO[Si](OCC)(OCC)c1ccc(-c2ccc(-c3ccc(-c4ccc([Si](OCC)(OCC)OCC)cc4)cc3)cc2)cc1. The fourth-order valence-electron chi connectivity index (χ4n) is 5.33. The molecule has 0 aliphatic heterocycles. The summed E-state index contributed by atoms with van der Waals surface area (Å²) in [4.78, 5) is 0. The Balaban J connectivity index is 1.49. The highest BCUT2D eigenvalue weighted by atomic mass is 28.4. The minimum atomic E-state index is -2.91. The lowest BCUT2D eigenvalue weighted by atomic mass is 9.98. The van der Waals surface area contributed by atoms with E-state index in [-0.39, 0.29) is 0 Å². The molecule has 8 heteroatoms. The van der Waals surface area contributed by atoms with Crippen LogP contribution in [0.15, 0.2) is 97.1 Å². The van der Waals surface area contributed by atoms with Crippen molar-refractivity contribution >= 4 is 28.0 Å². The van der Waals surface area contributed by atoms with Crippen molar-refractivity contribution in [2.24, 2.45) is 0 Å². The second-order valence-corrected chi connectivity index (χ2v) is 15.1. The molecule has 0 unspecified atom stereocenters. The molecule has 0 saturated carbocycles. The smallest absolute Gasteiger partial charge is 0.370 e. The number of rotatable bonds is 17. The van der Waals surface area contributed by atoms with E-state index in [2.05, 4.69) is 97.1 Å². The summed E-state index contributed by atoms with van der Waals surface area (Å²) in [5, 5.41) is 1.97. The standard InChI is InChI=1S/C36H46O6Si2/c1-7-37-43(38-8-2,39-9-3)35-25-21-33(22-26-35)31-17-13-29(14-18-31)30-15-19-32(20-16-30)34-23-27-36(28-24-34)44(40-10-4,41-11-5)42-12-6/h13-28H,7-12H2,1-6H3. The minimum absolute atomic E-state index is 0.544. The Morgan fingerprint density at radius 2 is 0.455 bits per heavy atom. The molecule has 0 amide bonds. The first-order valence-electron chi connectivity index (χ1n) is 15.7. The van der Waals surface area contributed by atoms with Crippen LogP contribution in [0.5, 0.6) is 0 Å². The molecule has 0 aliphatic carbocycles. The van der Waals surface area contributed by atoms with Crippen LogP contribution in [0.3, 0.4) is 0 Å². The van der Waals surface area contributed by atoms with Gasteiger partial charge in [0.15, 0.2) is 0 Å². The highest BCUT2D eigenvalue weighted by Crippen LogP contribution is 2.28. The van der Waals surface area contributed by atoms with Gasteiger partial charge in [0.1, 0.15) is 0 Å². The van der Waals surface area contributed by atoms with Crippen molar-refractivity contribution in [3.8, 4) is 33.4 Å². The maximum Gasteiger partial charge on any atom is 0.537 e. The van der Waals surface area contributed by atoms with Crippen molar-refractivity contribution < 1.29 is 26.6 Å². The summed E-state index contributed by atoms with van der Waals surface area (Å²) in [6, 6.07) is 34.1. The highest BCUT2D eigenvalue weighted by Gasteiger charge is 2.44. The van der Waals surface area contributed by atoms with Crippen LogP contribution >= 0.6 is 0 Å². The summed E-state index contributed by atoms with van der Waals surface area (Å²) in [5.74, 6) is 0. The fourth-order valence-corrected chi connectivity index (χ4v) is 10.3. The van der Waals surface area contributed by atoms with Crippen LogP contribution < -0.4 is 10.4 Å². The summed E-state index contributed by atoms with van der Waals surface area (Å²) in [5.41, 5.74) is 6.92. The molecule has 0 aliphatic rings. The zero-order chi connectivity index (χ0) is 31.4. The van der Waals surface area contributed by atoms with Crippen LogP contribution in [0.4, 0.5) is 0 Å². The molecule has 4 rings (SSSR count). The molecule has 0 atom stereocenters. The molecule has 0 aromatic heterocycles. The fraction of sp³-hybridized carbons (Fsp3) is 0.333. The molecule has 6 nitrogen and oxygen atoms in total. The van der Waals surface area contributed by atoms with Crippen molar-refractivity contribution in [3.05, 3.63) is 97.1 Å². The molecule has 0 fully saturated rings. The minimum Gasteiger partial charge on any atom is -0.370 e. The summed E-state index contributed by atoms with van der Waals surface area (Å²) in [6.07, 6.45) is 0. The van der Waals surface area contributed by atoms with Gasteiger partial charge in [0, 0.05) is 50.0 Å². The Labute approximate surface area is 265 Å². The Morgan fingerprint density at radius 1 is 0.295 bits per heavy atom. The van der Waals surface area contributed by atoms with Crippen molar-refractivity contribution in [2.45, 2.75) is 41.5 Å². The zero-order valence-corrected chi connectivity index (χ0v) is 28.9. The molecule has 0 radical (unpaired) electrons. The van der Waals surface area contributed by atoms with Crippen molar-refractivity contribution in [1.29, 1.82) is 0 Å². The largest absolute Gasteiger partial charge is 0.537 e. The molecule has 0 saturated heterocycles. The van der Waals surface area contributed by atoms with Crippen LogP contribution in [0, 0.1) is 0 Å². The third-order valence-corrected chi connectivity index (χ3v) is 13.3. The molecule has 0 bridgehead atoms. The van der Waals surface area contributed by atoms with Gasteiger partial charge in [-0.25, -0.2) is 0 Å². The first kappa shape index (κ1) is 34.0. The topological polar surface area (TPSA) is 55.4 Å². The molecular weight excluding hydrogens is 585 g/mol. The molecule has 0 N–H and O–H groups in total. The molecule has 0 heterocycles. The summed E-state index contributed by atoms with van der Waals surface area (Å²) in [7, 11) is -5.83. The molecule has 44 heavy (non-hydrogen) atoms. The van der Waals surface area contributed by atoms with Gasteiger partial charge in [-0.2, -0.15) is 0 Å². The maximum atomic E-state index is 6.07. The van der Waals surface area contributed by atoms with Gasteiger partial charge in [0.25, 0.3) is 0 Å². The number of hydrogen-bond acceptors (Lipinski definition) is 6. The van der Waals surface area contributed by atoms with Crippen LogP contribution in [-0.2, 0) is 26.6 Å². The van der Waals surface area contributed by atoms with E-state index in [0.717, 1.165) is 32.6 Å². The Morgan fingerprint density at radius 3 is 0.614 bits per heavy atom. The van der Waals surface area contributed by atoms with Crippen LogP contribution in [0.2, 0.25) is 0 Å². The molecule has 4 aromatic rings. The third kappa shape index (κ3) is 7.83. The normalized spacial score (nSPS) is 12.0. The van der Waals surface area contributed by atoms with Crippen molar-refractivity contribution in [1.82, 2.24) is 0 Å². The van der Waals surface area contributed by atoms with E-state index in [1.54, 1.807) is 0 Å². The van der Waals surface area contributed by atoms with E-state index in [9.17, 15) is 0 Å². The van der Waals surface area contributed by atoms with E-state index in [1.807, 2.05) is 41.5 Å². The quantitative estimate of drug-likeness (QED) is 0.115. The Hall–Kier alpha value is -2.93. The summed E-state index contributed by atoms with van der Waals surface area (Å²) in [6.45, 7) is 15.1. The van der Waals surface area contributed by atoms with E-state index in [0.29, 0.717) is 39.6 Å². The second kappa shape index (κ2) is 16.4. The molecule has 4 aromatic carbocycles. The van der Waals surface area contributed by atoms with Crippen molar-refractivity contribution in [2.75, 3.05) is 39.6 Å². The molecule has 234 valence electrons. The van der Waals surface area contributed by atoms with Gasteiger partial charge in [0.05, 0.1) is 0 Å². The Bertz CT molecular complexity index is 1260. The Kier molecular flexibility index (Phi) is 12.7. The average molecular weight is 631 g/mol. The van der Waals surface area contributed by atoms with E-state index in [1.165, 1.54) is 11.1 Å². The van der Waals surface area contributed by atoms with Gasteiger partial charge in [-0.3, -0.25) is 0 Å². The van der Waals surface area contributed by atoms with Crippen molar-refractivity contribution in [3.63, 3.8) is 0 Å². The number of benzene rings is 4. The molecule has 0 spiro atoms. The summed E-state index contributed by atoms with van der Waals surface area (Å²) < 4.78 is 36.4. The van der Waals surface area contributed by atoms with Gasteiger partial charge in [-0.1, -0.05) is 97.1 Å². The molecular formula is C36H46O6Si2. The predicted molar refractivity (Wildman–Crippen MR) is 183 cm³/mol. The van der Waals surface area contributed by atoms with Gasteiger partial charge in [-0.15, -0.1) is 0 Å². The maximum absolute atomic E-state index is 6.07. The third-order valence-electron chi connectivity index (χ3n) is 7.25.